The summed E-state index contributed by atoms with van der Waals surface area (Å²) in [5.41, 5.74) is -0.457. The third-order valence-corrected chi connectivity index (χ3v) is 1.54. The number of esters is 2. The van der Waals surface area contributed by atoms with Crippen LogP contribution in [-0.4, -0.2) is 23.6 Å². The van der Waals surface area contributed by atoms with Gasteiger partial charge >= 0.3 is 11.9 Å². The van der Waals surface area contributed by atoms with Crippen LogP contribution in [0, 0.1) is 0 Å². The Balaban J connectivity index is 3.76. The quantitative estimate of drug-likeness (QED) is 0.675. The fourth-order valence-corrected chi connectivity index (χ4v) is 1.06. The molecule has 0 spiro atoms. The molecule has 4 heteroatoms. The molecule has 0 aliphatic carbocycles. The zero-order valence-corrected chi connectivity index (χ0v) is 10.1. The van der Waals surface area contributed by atoms with Crippen molar-refractivity contribution in [1.29, 1.82) is 0 Å². The maximum absolute atomic E-state index is 11.3. The highest BCUT2D eigenvalue weighted by Crippen LogP contribution is 2.10. The van der Waals surface area contributed by atoms with Gasteiger partial charge in [-0.25, -0.2) is 0 Å². The van der Waals surface area contributed by atoms with Crippen LogP contribution in [0.3, 0.4) is 0 Å². The highest BCUT2D eigenvalue weighted by Gasteiger charge is 2.17. The second-order valence-corrected chi connectivity index (χ2v) is 4.55. The predicted octanol–water partition coefficient (Wildman–Crippen LogP) is 2.06. The van der Waals surface area contributed by atoms with Gasteiger partial charge in [0.1, 0.15) is 5.60 Å². The number of hydrogen-bond donors (Lipinski definition) is 0. The lowest BCUT2D eigenvalue weighted by atomic mass is 10.2. The first-order valence-corrected chi connectivity index (χ1v) is 5.10. The van der Waals surface area contributed by atoms with Crippen LogP contribution in [0.15, 0.2) is 0 Å². The molecule has 1 atom stereocenters. The normalized spacial score (nSPS) is 13.1. The van der Waals surface area contributed by atoms with Crippen molar-refractivity contribution in [2.24, 2.45) is 0 Å². The molecule has 0 aliphatic heterocycles. The summed E-state index contributed by atoms with van der Waals surface area (Å²) in [5.74, 6) is -0.590. The van der Waals surface area contributed by atoms with Gasteiger partial charge in [-0.1, -0.05) is 0 Å². The van der Waals surface area contributed by atoms with Gasteiger partial charge in [0.2, 0.25) is 0 Å². The molecule has 4 nitrogen and oxygen atoms in total. The molecule has 0 saturated heterocycles. The van der Waals surface area contributed by atoms with Gasteiger partial charge in [0.05, 0.1) is 6.10 Å². The third kappa shape index (κ3) is 9.25. The monoisotopic (exact) mass is 216 g/mol. The summed E-state index contributed by atoms with van der Waals surface area (Å²) >= 11 is 0. The Morgan fingerprint density at radius 3 is 2.20 bits per heavy atom. The molecule has 0 aromatic carbocycles. The van der Waals surface area contributed by atoms with Crippen LogP contribution in [0.4, 0.5) is 0 Å². The van der Waals surface area contributed by atoms with Crippen molar-refractivity contribution < 1.29 is 19.1 Å². The topological polar surface area (TPSA) is 52.6 Å². The smallest absolute Gasteiger partial charge is 0.306 e. The van der Waals surface area contributed by atoms with E-state index in [-0.39, 0.29) is 24.5 Å². The SMILES string of the molecule is CC(=O)OC(C)CCC(=O)OC(C)(C)C. The largest absolute Gasteiger partial charge is 0.463 e. The Labute approximate surface area is 90.9 Å². The summed E-state index contributed by atoms with van der Waals surface area (Å²) in [7, 11) is 0. The second-order valence-electron chi connectivity index (χ2n) is 4.55. The zero-order valence-electron chi connectivity index (χ0n) is 10.1. The molecule has 88 valence electrons. The van der Waals surface area contributed by atoms with Crippen molar-refractivity contribution >= 4 is 11.9 Å². The van der Waals surface area contributed by atoms with Gasteiger partial charge in [0.25, 0.3) is 0 Å². The molecule has 0 fully saturated rings. The van der Waals surface area contributed by atoms with E-state index in [1.165, 1.54) is 6.92 Å². The van der Waals surface area contributed by atoms with Crippen molar-refractivity contribution in [2.75, 3.05) is 0 Å². The van der Waals surface area contributed by atoms with Gasteiger partial charge in [0.15, 0.2) is 0 Å². The van der Waals surface area contributed by atoms with Gasteiger partial charge in [-0.15, -0.1) is 0 Å². The highest BCUT2D eigenvalue weighted by molar-refractivity contribution is 5.70. The third-order valence-electron chi connectivity index (χ3n) is 1.54. The van der Waals surface area contributed by atoms with Gasteiger partial charge in [-0.05, 0) is 34.1 Å². The molecule has 0 aromatic heterocycles. The zero-order chi connectivity index (χ0) is 12.1. The second kappa shape index (κ2) is 5.73. The minimum atomic E-state index is -0.457. The molecule has 0 amide bonds. The van der Waals surface area contributed by atoms with E-state index in [1.54, 1.807) is 6.92 Å². The van der Waals surface area contributed by atoms with Gasteiger partial charge in [-0.3, -0.25) is 9.59 Å². The van der Waals surface area contributed by atoms with Crippen molar-refractivity contribution in [3.05, 3.63) is 0 Å². The number of rotatable bonds is 4. The molecule has 0 N–H and O–H groups in total. The minimum absolute atomic E-state index is 0.241. The molecule has 0 bridgehead atoms. The first kappa shape index (κ1) is 13.9. The molecule has 0 aliphatic rings. The van der Waals surface area contributed by atoms with Crippen LogP contribution in [-0.2, 0) is 19.1 Å². The summed E-state index contributed by atoms with van der Waals surface area (Å²) in [6, 6.07) is 0. The van der Waals surface area contributed by atoms with Crippen molar-refractivity contribution in [1.82, 2.24) is 0 Å². The van der Waals surface area contributed by atoms with Gasteiger partial charge < -0.3 is 9.47 Å². The standard InChI is InChI=1S/C11H20O4/c1-8(14-9(2)12)6-7-10(13)15-11(3,4)5/h8H,6-7H2,1-5H3. The highest BCUT2D eigenvalue weighted by atomic mass is 16.6. The Morgan fingerprint density at radius 2 is 1.80 bits per heavy atom. The van der Waals surface area contributed by atoms with Crippen LogP contribution >= 0.6 is 0 Å². The Kier molecular flexibility index (Phi) is 5.33. The van der Waals surface area contributed by atoms with Crippen LogP contribution in [0.2, 0.25) is 0 Å². The van der Waals surface area contributed by atoms with E-state index in [9.17, 15) is 9.59 Å². The maximum atomic E-state index is 11.3. The summed E-state index contributed by atoms with van der Waals surface area (Å²) in [6.07, 6.45) is 0.523. The van der Waals surface area contributed by atoms with E-state index in [0.29, 0.717) is 6.42 Å². The van der Waals surface area contributed by atoms with Gasteiger partial charge in [-0.2, -0.15) is 0 Å². The molecule has 1 unspecified atom stereocenters. The van der Waals surface area contributed by atoms with E-state index >= 15 is 0 Å². The Bertz CT molecular complexity index is 227. The van der Waals surface area contributed by atoms with E-state index in [2.05, 4.69) is 0 Å². The van der Waals surface area contributed by atoms with Crippen LogP contribution in [0.5, 0.6) is 0 Å². The minimum Gasteiger partial charge on any atom is -0.463 e. The van der Waals surface area contributed by atoms with Crippen LogP contribution in [0.1, 0.15) is 47.5 Å². The van der Waals surface area contributed by atoms with E-state index in [0.717, 1.165) is 0 Å². The molecule has 0 aromatic rings. The molecule has 0 saturated carbocycles. The van der Waals surface area contributed by atoms with Crippen LogP contribution in [0.25, 0.3) is 0 Å². The van der Waals surface area contributed by atoms with Crippen molar-refractivity contribution in [3.8, 4) is 0 Å². The lowest BCUT2D eigenvalue weighted by molar-refractivity contribution is -0.157. The molecular formula is C11H20O4. The fraction of sp³-hybridized carbons (Fsp3) is 0.818. The fourth-order valence-electron chi connectivity index (χ4n) is 1.06. The van der Waals surface area contributed by atoms with E-state index in [1.807, 2.05) is 20.8 Å². The van der Waals surface area contributed by atoms with Crippen LogP contribution < -0.4 is 0 Å². The van der Waals surface area contributed by atoms with Gasteiger partial charge in [0, 0.05) is 13.3 Å². The number of ether oxygens (including phenoxy) is 2. The lowest BCUT2D eigenvalue weighted by Gasteiger charge is -2.20. The van der Waals surface area contributed by atoms with Crippen molar-refractivity contribution in [3.63, 3.8) is 0 Å². The Morgan fingerprint density at radius 1 is 1.27 bits per heavy atom. The lowest BCUT2D eigenvalue weighted by Crippen LogP contribution is -2.24. The molecule has 0 heterocycles. The summed E-state index contributed by atoms with van der Waals surface area (Å²) < 4.78 is 10.00. The average Bonchev–Trinajstić information content (AvgIpc) is 1.96. The maximum Gasteiger partial charge on any atom is 0.306 e. The molecule has 15 heavy (non-hydrogen) atoms. The molecule has 0 rings (SSSR count). The average molecular weight is 216 g/mol. The van der Waals surface area contributed by atoms with Crippen molar-refractivity contribution in [2.45, 2.75) is 59.2 Å². The number of carbonyl (C=O) groups excluding carboxylic acids is 2. The first-order valence-electron chi connectivity index (χ1n) is 5.10. The Hall–Kier alpha value is -1.06. The summed E-state index contributed by atoms with van der Waals surface area (Å²) in [4.78, 5) is 21.9. The number of hydrogen-bond acceptors (Lipinski definition) is 4. The first-order chi connectivity index (χ1) is 6.70. The van der Waals surface area contributed by atoms with E-state index in [4.69, 9.17) is 9.47 Å². The van der Waals surface area contributed by atoms with E-state index < -0.39 is 5.60 Å². The summed E-state index contributed by atoms with van der Waals surface area (Å²) in [5, 5.41) is 0. The number of carbonyl (C=O) groups is 2. The summed E-state index contributed by atoms with van der Waals surface area (Å²) in [6.45, 7) is 8.57. The molecule has 0 radical (unpaired) electrons. The molecular weight excluding hydrogens is 196 g/mol. The predicted molar refractivity (Wildman–Crippen MR) is 56.3 cm³/mol.